The van der Waals surface area contributed by atoms with Gasteiger partial charge in [-0.25, -0.2) is 4.98 Å². The molecule has 1 aromatic rings. The molecule has 0 radical (unpaired) electrons. The van der Waals surface area contributed by atoms with Crippen LogP contribution in [0.3, 0.4) is 0 Å². The maximum atomic E-state index is 5.28. The van der Waals surface area contributed by atoms with E-state index in [1.165, 1.54) is 17.7 Å². The van der Waals surface area contributed by atoms with E-state index in [9.17, 15) is 0 Å². The van der Waals surface area contributed by atoms with Crippen LogP contribution < -0.4 is 10.2 Å². The van der Waals surface area contributed by atoms with Gasteiger partial charge in [0.1, 0.15) is 0 Å². The summed E-state index contributed by atoms with van der Waals surface area (Å²) in [6.45, 7) is 11.3. The normalized spacial score (nSPS) is 11.0. The topological polar surface area (TPSA) is 37.4 Å². The molecule has 0 amide bonds. The molecule has 0 fully saturated rings. The Hall–Kier alpha value is -0.650. The van der Waals surface area contributed by atoms with Crippen LogP contribution in [0.4, 0.5) is 5.13 Å². The van der Waals surface area contributed by atoms with Crippen molar-refractivity contribution in [2.75, 3.05) is 31.6 Å². The van der Waals surface area contributed by atoms with Crippen LogP contribution in [0.5, 0.6) is 0 Å². The molecule has 0 saturated heterocycles. The third-order valence-corrected chi connectivity index (χ3v) is 4.35. The molecule has 0 atom stereocenters. The molecule has 0 aromatic carbocycles. The molecule has 1 heterocycles. The zero-order valence-corrected chi connectivity index (χ0v) is 14.2. The van der Waals surface area contributed by atoms with E-state index in [0.717, 1.165) is 43.4 Å². The van der Waals surface area contributed by atoms with Gasteiger partial charge in [0, 0.05) is 31.6 Å². The van der Waals surface area contributed by atoms with Crippen LogP contribution in [0.2, 0.25) is 0 Å². The Kier molecular flexibility index (Phi) is 8.82. The molecule has 0 spiro atoms. The summed E-state index contributed by atoms with van der Waals surface area (Å²) in [5.41, 5.74) is 1.09. The highest BCUT2D eigenvalue weighted by molar-refractivity contribution is 7.15. The maximum absolute atomic E-state index is 5.28. The van der Waals surface area contributed by atoms with Crippen molar-refractivity contribution < 1.29 is 4.74 Å². The van der Waals surface area contributed by atoms with Crippen molar-refractivity contribution in [2.45, 2.75) is 53.2 Å². The average molecular weight is 299 g/mol. The smallest absolute Gasteiger partial charge is 0.185 e. The molecule has 0 aliphatic rings. The Balaban J connectivity index is 2.77. The van der Waals surface area contributed by atoms with E-state index in [2.05, 4.69) is 31.0 Å². The number of nitrogens with zero attached hydrogens (tertiary/aromatic N) is 2. The second kappa shape index (κ2) is 10.1. The highest BCUT2D eigenvalue weighted by Crippen LogP contribution is 2.27. The minimum atomic E-state index is 0.602. The summed E-state index contributed by atoms with van der Waals surface area (Å²) in [7, 11) is 1.73. The van der Waals surface area contributed by atoms with E-state index in [4.69, 9.17) is 9.72 Å². The van der Waals surface area contributed by atoms with Crippen molar-refractivity contribution in [2.24, 2.45) is 0 Å². The predicted molar refractivity (Wildman–Crippen MR) is 87.6 cm³/mol. The van der Waals surface area contributed by atoms with E-state index >= 15 is 0 Å². The predicted octanol–water partition coefficient (Wildman–Crippen LogP) is 3.42. The van der Waals surface area contributed by atoms with Gasteiger partial charge in [-0.3, -0.25) is 0 Å². The molecule has 0 unspecified atom stereocenters. The average Bonchev–Trinajstić information content (AvgIpc) is 2.84. The lowest BCUT2D eigenvalue weighted by molar-refractivity contribution is 0.181. The van der Waals surface area contributed by atoms with E-state index < -0.39 is 0 Å². The number of nitrogens with one attached hydrogen (secondary N) is 1. The summed E-state index contributed by atoms with van der Waals surface area (Å²) in [6, 6.07) is 0. The number of rotatable bonds is 11. The van der Waals surface area contributed by atoms with Crippen molar-refractivity contribution in [3.63, 3.8) is 0 Å². The Labute approximate surface area is 127 Å². The Morgan fingerprint density at radius 2 is 2.05 bits per heavy atom. The largest absolute Gasteiger partial charge is 0.378 e. The Morgan fingerprint density at radius 1 is 1.25 bits per heavy atom. The van der Waals surface area contributed by atoms with Crippen molar-refractivity contribution in [3.05, 3.63) is 10.6 Å². The molecule has 0 saturated carbocycles. The highest BCUT2D eigenvalue weighted by Gasteiger charge is 2.14. The molecule has 20 heavy (non-hydrogen) atoms. The number of aromatic nitrogens is 1. The third kappa shape index (κ3) is 5.38. The monoisotopic (exact) mass is 299 g/mol. The second-order valence-electron chi connectivity index (χ2n) is 4.91. The molecule has 0 aliphatic heterocycles. The fraction of sp³-hybridized carbons (Fsp3) is 0.800. The lowest BCUT2D eigenvalue weighted by Crippen LogP contribution is -2.23. The number of ether oxygens (including phenoxy) is 1. The lowest BCUT2D eigenvalue weighted by atomic mass is 10.3. The van der Waals surface area contributed by atoms with Crippen molar-refractivity contribution in [3.8, 4) is 0 Å². The first kappa shape index (κ1) is 17.4. The van der Waals surface area contributed by atoms with Crippen LogP contribution in [0.15, 0.2) is 0 Å². The molecule has 116 valence electrons. The summed E-state index contributed by atoms with van der Waals surface area (Å²) in [5, 5.41) is 4.60. The maximum Gasteiger partial charge on any atom is 0.185 e. The van der Waals surface area contributed by atoms with Gasteiger partial charge in [0.15, 0.2) is 5.13 Å². The summed E-state index contributed by atoms with van der Waals surface area (Å²) >= 11 is 1.81. The number of methoxy groups -OCH3 is 1. The number of unbranched alkanes of at least 4 members (excludes halogenated alkanes) is 1. The first-order valence-corrected chi connectivity index (χ1v) is 8.51. The van der Waals surface area contributed by atoms with E-state index in [-0.39, 0.29) is 0 Å². The fourth-order valence-electron chi connectivity index (χ4n) is 2.01. The van der Waals surface area contributed by atoms with Gasteiger partial charge < -0.3 is 15.0 Å². The van der Waals surface area contributed by atoms with Gasteiger partial charge in [-0.15, -0.1) is 11.3 Å². The van der Waals surface area contributed by atoms with Crippen LogP contribution in [-0.2, 0) is 17.9 Å². The van der Waals surface area contributed by atoms with Gasteiger partial charge in [0.05, 0.1) is 12.3 Å². The van der Waals surface area contributed by atoms with Gasteiger partial charge in [-0.2, -0.15) is 0 Å². The quantitative estimate of drug-likeness (QED) is 0.635. The van der Waals surface area contributed by atoms with Crippen LogP contribution in [0.1, 0.15) is 50.6 Å². The lowest BCUT2D eigenvalue weighted by Gasteiger charge is -2.19. The summed E-state index contributed by atoms with van der Waals surface area (Å²) in [6.07, 6.45) is 3.59. The van der Waals surface area contributed by atoms with Gasteiger partial charge in [-0.05, 0) is 26.3 Å². The van der Waals surface area contributed by atoms with Crippen LogP contribution in [-0.4, -0.2) is 31.7 Å². The van der Waals surface area contributed by atoms with Gasteiger partial charge in [0.2, 0.25) is 0 Å². The highest BCUT2D eigenvalue weighted by atomic mass is 32.1. The minimum Gasteiger partial charge on any atom is -0.378 e. The van der Waals surface area contributed by atoms with Crippen molar-refractivity contribution in [1.82, 2.24) is 10.3 Å². The first-order valence-electron chi connectivity index (χ1n) is 7.69. The zero-order valence-electron chi connectivity index (χ0n) is 13.4. The molecule has 4 nitrogen and oxygen atoms in total. The van der Waals surface area contributed by atoms with Crippen LogP contribution in [0.25, 0.3) is 0 Å². The Morgan fingerprint density at radius 3 is 2.65 bits per heavy atom. The third-order valence-electron chi connectivity index (χ3n) is 3.19. The number of anilines is 1. The van der Waals surface area contributed by atoms with E-state index in [1.54, 1.807) is 18.4 Å². The SMILES string of the molecule is CCCCN(CC)c1nc(COC)c(CNCCC)s1. The van der Waals surface area contributed by atoms with E-state index in [1.807, 2.05) is 0 Å². The number of hydrogen-bond donors (Lipinski definition) is 1. The number of hydrogen-bond acceptors (Lipinski definition) is 5. The van der Waals surface area contributed by atoms with E-state index in [0.29, 0.717) is 6.61 Å². The second-order valence-corrected chi connectivity index (χ2v) is 5.97. The summed E-state index contributed by atoms with van der Waals surface area (Å²) in [5.74, 6) is 0. The first-order chi connectivity index (χ1) is 9.76. The molecule has 1 rings (SSSR count). The molecule has 0 bridgehead atoms. The zero-order chi connectivity index (χ0) is 14.8. The van der Waals surface area contributed by atoms with Gasteiger partial charge in [0.25, 0.3) is 0 Å². The van der Waals surface area contributed by atoms with Crippen LogP contribution in [0, 0.1) is 0 Å². The molecule has 5 heteroatoms. The van der Waals surface area contributed by atoms with Gasteiger partial charge >= 0.3 is 0 Å². The summed E-state index contributed by atoms with van der Waals surface area (Å²) in [4.78, 5) is 8.46. The molecule has 1 aromatic heterocycles. The van der Waals surface area contributed by atoms with Crippen molar-refractivity contribution in [1.29, 1.82) is 0 Å². The fourth-order valence-corrected chi connectivity index (χ4v) is 3.13. The summed E-state index contributed by atoms with van der Waals surface area (Å²) < 4.78 is 5.28. The van der Waals surface area contributed by atoms with Crippen LogP contribution >= 0.6 is 11.3 Å². The molecular formula is C15H29N3OS. The molecule has 1 N–H and O–H groups in total. The van der Waals surface area contributed by atoms with Crippen molar-refractivity contribution >= 4 is 16.5 Å². The van der Waals surface area contributed by atoms with Gasteiger partial charge in [-0.1, -0.05) is 20.3 Å². The standard InChI is InChI=1S/C15H29N3OS/c1-5-8-10-18(7-3)15-17-13(12-19-4)14(20-15)11-16-9-6-2/h16H,5-12H2,1-4H3. The molecular weight excluding hydrogens is 270 g/mol. The molecule has 0 aliphatic carbocycles. The Bertz CT molecular complexity index is 368. The number of thiazole rings is 1. The minimum absolute atomic E-state index is 0.602.